The molecule has 1 amide bonds. The summed E-state index contributed by atoms with van der Waals surface area (Å²) in [6.07, 6.45) is 8.50. The first kappa shape index (κ1) is 25.0. The Hall–Kier alpha value is -2.11. The van der Waals surface area contributed by atoms with Crippen molar-refractivity contribution >= 4 is 46.1 Å². The molecule has 0 radical (unpaired) electrons. The summed E-state index contributed by atoms with van der Waals surface area (Å²) in [6.45, 7) is 10.4. The van der Waals surface area contributed by atoms with Crippen LogP contribution in [-0.4, -0.2) is 38.8 Å². The highest BCUT2D eigenvalue weighted by Crippen LogP contribution is 2.39. The van der Waals surface area contributed by atoms with Gasteiger partial charge < -0.3 is 4.90 Å². The Morgan fingerprint density at radius 3 is 2.38 bits per heavy atom. The van der Waals surface area contributed by atoms with Crippen LogP contribution in [0.1, 0.15) is 76.0 Å². The lowest BCUT2D eigenvalue weighted by atomic mass is 9.91. The number of thiocarbonyl (C=S) groups is 1. The van der Waals surface area contributed by atoms with Crippen molar-refractivity contribution in [1.29, 1.82) is 5.26 Å². The number of anilines is 1. The van der Waals surface area contributed by atoms with Crippen molar-refractivity contribution < 1.29 is 4.79 Å². The normalized spacial score (nSPS) is 25.3. The number of amides is 1. The van der Waals surface area contributed by atoms with E-state index in [1.165, 1.54) is 18.2 Å². The number of hydrogen-bond donors (Lipinski definition) is 0. The first-order valence-corrected chi connectivity index (χ1v) is 13.7. The van der Waals surface area contributed by atoms with Crippen LogP contribution in [0.2, 0.25) is 0 Å². The quantitative estimate of drug-likeness (QED) is 0.427. The van der Waals surface area contributed by atoms with E-state index in [0.717, 1.165) is 56.6 Å². The van der Waals surface area contributed by atoms with Gasteiger partial charge in [-0.2, -0.15) is 5.26 Å². The second kappa shape index (κ2) is 10.2. The first-order valence-electron chi connectivity index (χ1n) is 12.5. The van der Waals surface area contributed by atoms with Crippen molar-refractivity contribution in [1.82, 2.24) is 9.47 Å². The average Bonchev–Trinajstić information content (AvgIpc) is 3.08. The molecule has 2 saturated heterocycles. The monoisotopic (exact) mass is 498 g/mol. The summed E-state index contributed by atoms with van der Waals surface area (Å²) in [7, 11) is 0. The Labute approximate surface area is 212 Å². The number of hydrogen-bond acceptors (Lipinski definition) is 6. The first-order chi connectivity index (χ1) is 16.3. The molecule has 2 aliphatic heterocycles. The molecule has 8 heteroatoms. The van der Waals surface area contributed by atoms with E-state index < -0.39 is 0 Å². The number of nitrogens with zero attached hydrogens (tertiary/aromatic N) is 4. The largest absolute Gasteiger partial charge is 0.357 e. The van der Waals surface area contributed by atoms with Gasteiger partial charge in [0, 0.05) is 31.2 Å². The molecule has 182 valence electrons. The van der Waals surface area contributed by atoms with E-state index >= 15 is 0 Å². The van der Waals surface area contributed by atoms with Crippen LogP contribution in [0.15, 0.2) is 9.70 Å². The molecule has 3 aliphatic rings. The summed E-state index contributed by atoms with van der Waals surface area (Å²) in [5, 5.41) is 9.80. The molecule has 2 unspecified atom stereocenters. The van der Waals surface area contributed by atoms with Crippen molar-refractivity contribution in [2.75, 3.05) is 18.0 Å². The molecule has 1 aromatic rings. The minimum absolute atomic E-state index is 0.0413. The molecule has 34 heavy (non-hydrogen) atoms. The summed E-state index contributed by atoms with van der Waals surface area (Å²) >= 11 is 6.99. The van der Waals surface area contributed by atoms with Crippen LogP contribution in [0.25, 0.3) is 6.08 Å². The number of rotatable bonds is 4. The van der Waals surface area contributed by atoms with Crippen LogP contribution in [0.4, 0.5) is 5.82 Å². The van der Waals surface area contributed by atoms with Gasteiger partial charge in [-0.25, -0.2) is 0 Å². The van der Waals surface area contributed by atoms with Crippen LogP contribution in [0, 0.1) is 30.1 Å². The van der Waals surface area contributed by atoms with Crippen LogP contribution in [0.3, 0.4) is 0 Å². The van der Waals surface area contributed by atoms with E-state index in [2.05, 4.69) is 24.8 Å². The van der Waals surface area contributed by atoms with E-state index in [1.807, 2.05) is 24.8 Å². The Balaban J connectivity index is 1.84. The Morgan fingerprint density at radius 1 is 1.15 bits per heavy atom. The second-order valence-corrected chi connectivity index (χ2v) is 11.8. The SMILES string of the molecule is CCn1c(N2CC(C)CC(C)C2)c(/C=C2/SC(=S)N(C3CCCCC3)C2=O)c(C)c(C#N)c1=O. The van der Waals surface area contributed by atoms with Crippen molar-refractivity contribution in [2.45, 2.75) is 78.8 Å². The minimum Gasteiger partial charge on any atom is -0.357 e. The summed E-state index contributed by atoms with van der Waals surface area (Å²) in [6, 6.07) is 2.30. The highest BCUT2D eigenvalue weighted by molar-refractivity contribution is 8.26. The summed E-state index contributed by atoms with van der Waals surface area (Å²) < 4.78 is 2.33. The molecule has 3 fully saturated rings. The standard InChI is InChI=1S/C26H34N4O2S2/c1-5-29-23(28-14-16(2)11-17(3)15-28)20(18(4)21(13-27)24(29)31)12-22-25(32)30(26(33)34-22)19-9-7-6-8-10-19/h12,16-17,19H,5-11,14-15H2,1-4H3/b22-12+. The third kappa shape index (κ3) is 4.57. The fraction of sp³-hybridized carbons (Fsp3) is 0.615. The maximum atomic E-state index is 13.5. The molecule has 1 aliphatic carbocycles. The molecule has 0 N–H and O–H groups in total. The molecule has 1 aromatic heterocycles. The summed E-state index contributed by atoms with van der Waals surface area (Å²) in [4.78, 5) is 31.4. The lowest BCUT2D eigenvalue weighted by Gasteiger charge is -2.38. The predicted molar refractivity (Wildman–Crippen MR) is 143 cm³/mol. The van der Waals surface area contributed by atoms with Gasteiger partial charge in [-0.1, -0.05) is 57.1 Å². The van der Waals surface area contributed by atoms with Gasteiger partial charge in [0.05, 0.1) is 4.91 Å². The van der Waals surface area contributed by atoms with Crippen molar-refractivity contribution in [3.05, 3.63) is 31.9 Å². The molecule has 1 saturated carbocycles. The van der Waals surface area contributed by atoms with Gasteiger partial charge in [-0.3, -0.25) is 19.1 Å². The zero-order chi connectivity index (χ0) is 24.6. The van der Waals surface area contributed by atoms with Crippen LogP contribution < -0.4 is 10.5 Å². The lowest BCUT2D eigenvalue weighted by molar-refractivity contribution is -0.124. The highest BCUT2D eigenvalue weighted by Gasteiger charge is 2.38. The zero-order valence-electron chi connectivity index (χ0n) is 20.6. The summed E-state index contributed by atoms with van der Waals surface area (Å²) in [5.41, 5.74) is 1.33. The van der Waals surface area contributed by atoms with Crippen LogP contribution >= 0.6 is 24.0 Å². The molecule has 0 spiro atoms. The Kier molecular flexibility index (Phi) is 7.54. The number of nitriles is 1. The number of piperidine rings is 1. The van der Waals surface area contributed by atoms with E-state index in [9.17, 15) is 14.9 Å². The number of thioether (sulfide) groups is 1. The summed E-state index contributed by atoms with van der Waals surface area (Å²) in [5.74, 6) is 1.78. The molecule has 4 rings (SSSR count). The van der Waals surface area contributed by atoms with Gasteiger partial charge in [-0.05, 0) is 56.6 Å². The molecule has 6 nitrogen and oxygen atoms in total. The molecule has 0 bridgehead atoms. The zero-order valence-corrected chi connectivity index (χ0v) is 22.2. The highest BCUT2D eigenvalue weighted by atomic mass is 32.2. The van der Waals surface area contributed by atoms with Gasteiger partial charge in [0.1, 0.15) is 21.8 Å². The van der Waals surface area contributed by atoms with Crippen molar-refractivity contribution in [2.24, 2.45) is 11.8 Å². The fourth-order valence-electron chi connectivity index (χ4n) is 5.88. The second-order valence-electron chi connectivity index (χ2n) is 10.1. The molecule has 3 heterocycles. The number of pyridine rings is 1. The van der Waals surface area contributed by atoms with E-state index in [1.54, 1.807) is 4.57 Å². The van der Waals surface area contributed by atoms with Gasteiger partial charge in [0.25, 0.3) is 11.5 Å². The van der Waals surface area contributed by atoms with E-state index in [-0.39, 0.29) is 23.1 Å². The van der Waals surface area contributed by atoms with Gasteiger partial charge >= 0.3 is 0 Å². The minimum atomic E-state index is -0.254. The number of carbonyl (C=O) groups excluding carboxylic acids is 1. The Morgan fingerprint density at radius 2 is 1.79 bits per heavy atom. The third-order valence-corrected chi connectivity index (χ3v) is 8.70. The van der Waals surface area contributed by atoms with Gasteiger partial charge in [0.15, 0.2) is 0 Å². The van der Waals surface area contributed by atoms with E-state index in [4.69, 9.17) is 12.2 Å². The number of aromatic nitrogens is 1. The average molecular weight is 499 g/mol. The van der Waals surface area contributed by atoms with Crippen LogP contribution in [-0.2, 0) is 11.3 Å². The maximum absolute atomic E-state index is 13.5. The van der Waals surface area contributed by atoms with Gasteiger partial charge in [0.2, 0.25) is 0 Å². The topological polar surface area (TPSA) is 69.3 Å². The maximum Gasteiger partial charge on any atom is 0.270 e. The van der Waals surface area contributed by atoms with E-state index in [0.29, 0.717) is 33.2 Å². The third-order valence-electron chi connectivity index (χ3n) is 7.37. The number of carbonyl (C=O) groups is 1. The van der Waals surface area contributed by atoms with Crippen molar-refractivity contribution in [3.63, 3.8) is 0 Å². The Bertz CT molecular complexity index is 1120. The molecule has 0 aromatic carbocycles. The van der Waals surface area contributed by atoms with Gasteiger partial charge in [-0.15, -0.1) is 0 Å². The predicted octanol–water partition coefficient (Wildman–Crippen LogP) is 5.06. The lowest BCUT2D eigenvalue weighted by Crippen LogP contribution is -2.43. The molecule has 2 atom stereocenters. The van der Waals surface area contributed by atoms with Crippen molar-refractivity contribution in [3.8, 4) is 6.07 Å². The smallest absolute Gasteiger partial charge is 0.270 e. The molecular weight excluding hydrogens is 464 g/mol. The van der Waals surface area contributed by atoms with Crippen LogP contribution in [0.5, 0.6) is 0 Å². The molecular formula is C26H34N4O2S2. The fourth-order valence-corrected chi connectivity index (χ4v) is 7.26.